The van der Waals surface area contributed by atoms with Crippen LogP contribution < -0.4 is 5.84 Å². The molecular formula is C7H13N5. The maximum absolute atomic E-state index is 4.97. The molecule has 1 heterocycles. The van der Waals surface area contributed by atoms with Gasteiger partial charge in [0.1, 0.15) is 5.69 Å². The van der Waals surface area contributed by atoms with Gasteiger partial charge in [0.15, 0.2) is 0 Å². The van der Waals surface area contributed by atoms with Crippen molar-refractivity contribution in [2.24, 2.45) is 10.9 Å². The predicted molar refractivity (Wildman–Crippen MR) is 46.8 cm³/mol. The number of hydrazone groups is 1. The lowest BCUT2D eigenvalue weighted by molar-refractivity contribution is 0.347. The molecule has 12 heavy (non-hydrogen) atoms. The fraction of sp³-hybridized carbons (Fsp3) is 0.571. The van der Waals surface area contributed by atoms with E-state index in [2.05, 4.69) is 15.4 Å². The molecule has 1 rings (SSSR count). The van der Waals surface area contributed by atoms with Crippen LogP contribution in [0.1, 0.15) is 26.5 Å². The van der Waals surface area contributed by atoms with E-state index in [1.54, 1.807) is 10.9 Å². The molecule has 0 atom stereocenters. The van der Waals surface area contributed by atoms with Gasteiger partial charge < -0.3 is 5.84 Å². The van der Waals surface area contributed by atoms with E-state index in [0.29, 0.717) is 5.69 Å². The van der Waals surface area contributed by atoms with Crippen molar-refractivity contribution in [2.45, 2.75) is 26.3 Å². The van der Waals surface area contributed by atoms with E-state index in [0.717, 1.165) is 0 Å². The van der Waals surface area contributed by atoms with E-state index < -0.39 is 0 Å². The number of rotatable bonds is 1. The molecule has 5 nitrogen and oxygen atoms in total. The Morgan fingerprint density at radius 2 is 2.25 bits per heavy atom. The molecule has 0 spiro atoms. The van der Waals surface area contributed by atoms with Gasteiger partial charge in [0.2, 0.25) is 0 Å². The van der Waals surface area contributed by atoms with E-state index in [4.69, 9.17) is 5.84 Å². The van der Waals surface area contributed by atoms with Crippen molar-refractivity contribution < 1.29 is 0 Å². The molecule has 66 valence electrons. The summed E-state index contributed by atoms with van der Waals surface area (Å²) in [5, 5.41) is 11.1. The van der Waals surface area contributed by atoms with Crippen LogP contribution in [0.4, 0.5) is 0 Å². The Labute approximate surface area is 71.3 Å². The summed E-state index contributed by atoms with van der Waals surface area (Å²) in [6, 6.07) is 0. The first-order valence-corrected chi connectivity index (χ1v) is 3.70. The second-order valence-corrected chi connectivity index (χ2v) is 3.54. The molecule has 2 N–H and O–H groups in total. The lowest BCUT2D eigenvalue weighted by Gasteiger charge is -2.17. The van der Waals surface area contributed by atoms with Gasteiger partial charge in [-0.2, -0.15) is 5.10 Å². The summed E-state index contributed by atoms with van der Waals surface area (Å²) >= 11 is 0. The van der Waals surface area contributed by atoms with Crippen molar-refractivity contribution in [3.05, 3.63) is 11.9 Å². The monoisotopic (exact) mass is 167 g/mol. The van der Waals surface area contributed by atoms with Crippen molar-refractivity contribution in [2.75, 3.05) is 0 Å². The van der Waals surface area contributed by atoms with Crippen LogP contribution in [-0.2, 0) is 5.54 Å². The van der Waals surface area contributed by atoms with Gasteiger partial charge >= 0.3 is 0 Å². The molecular weight excluding hydrogens is 154 g/mol. The first-order chi connectivity index (χ1) is 5.54. The zero-order valence-electron chi connectivity index (χ0n) is 7.52. The van der Waals surface area contributed by atoms with Gasteiger partial charge in [-0.3, -0.25) is 0 Å². The van der Waals surface area contributed by atoms with Crippen LogP contribution in [-0.4, -0.2) is 21.2 Å². The minimum atomic E-state index is -0.0479. The topological polar surface area (TPSA) is 69.1 Å². The zero-order chi connectivity index (χ0) is 9.19. The molecule has 0 aliphatic heterocycles. The van der Waals surface area contributed by atoms with Crippen LogP contribution in [0.25, 0.3) is 0 Å². The molecule has 0 amide bonds. The van der Waals surface area contributed by atoms with Crippen LogP contribution >= 0.6 is 0 Å². The smallest absolute Gasteiger partial charge is 0.125 e. The molecule has 0 saturated heterocycles. The number of aromatic nitrogens is 3. The van der Waals surface area contributed by atoms with Gasteiger partial charge in [-0.15, -0.1) is 5.10 Å². The Morgan fingerprint density at radius 3 is 2.67 bits per heavy atom. The summed E-state index contributed by atoms with van der Waals surface area (Å²) in [7, 11) is 0. The Hall–Kier alpha value is -1.39. The van der Waals surface area contributed by atoms with Crippen molar-refractivity contribution in [3.8, 4) is 0 Å². The van der Waals surface area contributed by atoms with E-state index in [9.17, 15) is 0 Å². The SMILES string of the molecule is CC(C)(C)n1cc(/C=N/N)nn1. The quantitative estimate of drug-likeness (QED) is 0.372. The number of nitrogens with two attached hydrogens (primary N) is 1. The fourth-order valence-corrected chi connectivity index (χ4v) is 0.740. The molecule has 0 bridgehead atoms. The first kappa shape index (κ1) is 8.70. The Morgan fingerprint density at radius 1 is 1.58 bits per heavy atom. The van der Waals surface area contributed by atoms with Gasteiger partial charge in [0, 0.05) is 0 Å². The van der Waals surface area contributed by atoms with Crippen molar-refractivity contribution in [1.29, 1.82) is 0 Å². The predicted octanol–water partition coefficient (Wildman–Crippen LogP) is 0.326. The lowest BCUT2D eigenvalue weighted by Crippen LogP contribution is -2.22. The third kappa shape index (κ3) is 1.81. The van der Waals surface area contributed by atoms with Gasteiger partial charge in [0.25, 0.3) is 0 Å². The summed E-state index contributed by atoms with van der Waals surface area (Å²) in [4.78, 5) is 0. The molecule has 5 heteroatoms. The van der Waals surface area contributed by atoms with Gasteiger partial charge in [-0.05, 0) is 20.8 Å². The number of hydrogen-bond acceptors (Lipinski definition) is 4. The van der Waals surface area contributed by atoms with E-state index in [1.807, 2.05) is 20.8 Å². The van der Waals surface area contributed by atoms with Crippen molar-refractivity contribution >= 4 is 6.21 Å². The van der Waals surface area contributed by atoms with Crippen molar-refractivity contribution in [3.63, 3.8) is 0 Å². The maximum atomic E-state index is 4.97. The fourth-order valence-electron chi connectivity index (χ4n) is 0.740. The van der Waals surface area contributed by atoms with Crippen LogP contribution in [0.15, 0.2) is 11.3 Å². The average molecular weight is 167 g/mol. The molecule has 1 aromatic rings. The Bertz CT molecular complexity index is 280. The minimum Gasteiger partial charge on any atom is -0.323 e. The average Bonchev–Trinajstić information content (AvgIpc) is 2.35. The van der Waals surface area contributed by atoms with Crippen LogP contribution in [0.3, 0.4) is 0 Å². The van der Waals surface area contributed by atoms with E-state index in [1.165, 1.54) is 6.21 Å². The molecule has 0 fully saturated rings. The summed E-state index contributed by atoms with van der Waals surface area (Å²) in [6.45, 7) is 6.14. The highest BCUT2D eigenvalue weighted by molar-refractivity contribution is 5.75. The van der Waals surface area contributed by atoms with E-state index >= 15 is 0 Å². The summed E-state index contributed by atoms with van der Waals surface area (Å²) in [5.74, 6) is 4.97. The molecule has 1 aromatic heterocycles. The van der Waals surface area contributed by atoms with Crippen LogP contribution in [0.2, 0.25) is 0 Å². The summed E-state index contributed by atoms with van der Waals surface area (Å²) < 4.78 is 1.77. The minimum absolute atomic E-state index is 0.0479. The summed E-state index contributed by atoms with van der Waals surface area (Å²) in [5.41, 5.74) is 0.626. The van der Waals surface area contributed by atoms with Crippen LogP contribution in [0, 0.1) is 0 Å². The second-order valence-electron chi connectivity index (χ2n) is 3.54. The van der Waals surface area contributed by atoms with Gasteiger partial charge in [-0.1, -0.05) is 5.21 Å². The molecule has 0 aliphatic rings. The van der Waals surface area contributed by atoms with Crippen LogP contribution in [0.5, 0.6) is 0 Å². The Kier molecular flexibility index (Phi) is 2.12. The summed E-state index contributed by atoms with van der Waals surface area (Å²) in [6.07, 6.45) is 3.27. The third-order valence-electron chi connectivity index (χ3n) is 1.41. The maximum Gasteiger partial charge on any atom is 0.125 e. The first-order valence-electron chi connectivity index (χ1n) is 3.70. The molecule has 0 aromatic carbocycles. The second kappa shape index (κ2) is 2.92. The van der Waals surface area contributed by atoms with Gasteiger partial charge in [0.05, 0.1) is 18.0 Å². The highest BCUT2D eigenvalue weighted by Crippen LogP contribution is 2.10. The van der Waals surface area contributed by atoms with Crippen molar-refractivity contribution in [1.82, 2.24) is 15.0 Å². The standard InChI is InChI=1S/C7H13N5/c1-7(2,3)12-5-6(4-9-8)10-11-12/h4-5H,8H2,1-3H3/b9-4+. The molecule has 0 saturated carbocycles. The molecule has 0 radical (unpaired) electrons. The largest absolute Gasteiger partial charge is 0.323 e. The number of hydrogen-bond donors (Lipinski definition) is 1. The Balaban J connectivity index is 2.92. The molecule has 0 aliphatic carbocycles. The van der Waals surface area contributed by atoms with Gasteiger partial charge in [-0.25, -0.2) is 4.68 Å². The third-order valence-corrected chi connectivity index (χ3v) is 1.41. The van der Waals surface area contributed by atoms with E-state index in [-0.39, 0.29) is 5.54 Å². The highest BCUT2D eigenvalue weighted by Gasteiger charge is 2.13. The zero-order valence-corrected chi connectivity index (χ0v) is 7.52. The highest BCUT2D eigenvalue weighted by atomic mass is 15.4. The normalized spacial score (nSPS) is 12.6. The molecule has 0 unspecified atom stereocenters. The number of nitrogens with zero attached hydrogens (tertiary/aromatic N) is 4. The lowest BCUT2D eigenvalue weighted by atomic mass is 10.1.